The van der Waals surface area contributed by atoms with Crippen LogP contribution in [0, 0.1) is 10.1 Å². The molecule has 0 spiro atoms. The third-order valence-electron chi connectivity index (χ3n) is 3.18. The number of allylic oxidation sites excluding steroid dienone is 1. The summed E-state index contributed by atoms with van der Waals surface area (Å²) >= 11 is 3.10. The van der Waals surface area contributed by atoms with E-state index in [1.165, 1.54) is 30.0 Å². The minimum absolute atomic E-state index is 0.00813. The molecule has 0 heterocycles. The van der Waals surface area contributed by atoms with Gasteiger partial charge in [0.05, 0.1) is 4.92 Å². The molecule has 2 rings (SSSR count). The number of rotatable bonds is 6. The van der Waals surface area contributed by atoms with Crippen molar-refractivity contribution in [1.82, 2.24) is 0 Å². The third-order valence-corrected chi connectivity index (χ3v) is 4.70. The molecule has 2 aromatic rings. The number of non-ortho nitro benzene ring substituents is 1. The molecule has 23 heavy (non-hydrogen) atoms. The fourth-order valence-electron chi connectivity index (χ4n) is 2.01. The predicted molar refractivity (Wildman–Crippen MR) is 96.5 cm³/mol. The van der Waals surface area contributed by atoms with Crippen molar-refractivity contribution in [3.05, 3.63) is 69.8 Å². The van der Waals surface area contributed by atoms with Gasteiger partial charge < -0.3 is 0 Å². The van der Waals surface area contributed by atoms with Gasteiger partial charge in [0.1, 0.15) is 0 Å². The van der Waals surface area contributed by atoms with Crippen LogP contribution >= 0.6 is 23.5 Å². The lowest BCUT2D eigenvalue weighted by molar-refractivity contribution is -0.384. The maximum absolute atomic E-state index is 12.4. The average molecular weight is 345 g/mol. The lowest BCUT2D eigenvalue weighted by Crippen LogP contribution is -1.97. The third kappa shape index (κ3) is 4.46. The second-order valence-corrected chi connectivity index (χ2v) is 6.34. The highest BCUT2D eigenvalue weighted by atomic mass is 32.2. The number of thioether (sulfide) groups is 2. The Balaban J connectivity index is 2.28. The summed E-state index contributed by atoms with van der Waals surface area (Å²) in [4.78, 5) is 24.7. The highest BCUT2D eigenvalue weighted by Crippen LogP contribution is 2.26. The van der Waals surface area contributed by atoms with Gasteiger partial charge in [-0.1, -0.05) is 18.2 Å². The molecule has 0 aromatic heterocycles. The number of hydrogen-bond donors (Lipinski definition) is 0. The molecule has 0 saturated heterocycles. The van der Waals surface area contributed by atoms with Crippen molar-refractivity contribution in [3.8, 4) is 0 Å². The predicted octanol–water partition coefficient (Wildman–Crippen LogP) is 4.93. The second-order valence-electron chi connectivity index (χ2n) is 4.62. The van der Waals surface area contributed by atoms with E-state index in [-0.39, 0.29) is 11.5 Å². The molecule has 0 amide bonds. The molecule has 0 N–H and O–H groups in total. The molecule has 2 aromatic carbocycles. The van der Waals surface area contributed by atoms with Gasteiger partial charge in [-0.3, -0.25) is 14.9 Å². The number of carbonyl (C=O) groups is 1. The van der Waals surface area contributed by atoms with Crippen molar-refractivity contribution in [3.63, 3.8) is 0 Å². The van der Waals surface area contributed by atoms with Gasteiger partial charge in [0.25, 0.3) is 5.69 Å². The number of nitro benzene ring substituents is 1. The van der Waals surface area contributed by atoms with Crippen LogP contribution in [0.15, 0.2) is 58.3 Å². The van der Waals surface area contributed by atoms with Crippen LogP contribution in [0.4, 0.5) is 5.69 Å². The molecule has 4 nitrogen and oxygen atoms in total. The number of nitrogens with zero attached hydrogens (tertiary/aromatic N) is 1. The van der Waals surface area contributed by atoms with Gasteiger partial charge in [-0.15, -0.1) is 23.5 Å². The Morgan fingerprint density at radius 1 is 1.13 bits per heavy atom. The normalized spacial score (nSPS) is 10.9. The number of benzene rings is 2. The van der Waals surface area contributed by atoms with Gasteiger partial charge in [-0.25, -0.2) is 0 Å². The van der Waals surface area contributed by atoms with Gasteiger partial charge in [0.2, 0.25) is 0 Å². The van der Waals surface area contributed by atoms with E-state index in [0.717, 1.165) is 9.79 Å². The Hall–Kier alpha value is -2.05. The van der Waals surface area contributed by atoms with Crippen molar-refractivity contribution in [2.24, 2.45) is 0 Å². The smallest absolute Gasteiger partial charge is 0.270 e. The Labute approximate surface area is 143 Å². The van der Waals surface area contributed by atoms with E-state index < -0.39 is 4.92 Å². The maximum atomic E-state index is 12.4. The summed E-state index contributed by atoms with van der Waals surface area (Å²) in [6, 6.07) is 12.0. The summed E-state index contributed by atoms with van der Waals surface area (Å²) in [5.41, 5.74) is 1.28. The van der Waals surface area contributed by atoms with Crippen molar-refractivity contribution >= 4 is 41.1 Å². The van der Waals surface area contributed by atoms with Crippen LogP contribution in [0.5, 0.6) is 0 Å². The lowest BCUT2D eigenvalue weighted by Gasteiger charge is -2.06. The fourth-order valence-corrected chi connectivity index (χ4v) is 3.03. The largest absolute Gasteiger partial charge is 0.289 e. The summed E-state index contributed by atoms with van der Waals surface area (Å²) in [6.45, 7) is 0. The average Bonchev–Trinajstić information content (AvgIpc) is 2.59. The molecule has 0 fully saturated rings. The topological polar surface area (TPSA) is 60.2 Å². The zero-order chi connectivity index (χ0) is 16.8. The zero-order valence-corrected chi connectivity index (χ0v) is 14.3. The zero-order valence-electron chi connectivity index (χ0n) is 12.7. The highest BCUT2D eigenvalue weighted by molar-refractivity contribution is 7.99. The van der Waals surface area contributed by atoms with Gasteiger partial charge in [-0.05, 0) is 42.4 Å². The molecule has 0 aliphatic carbocycles. The Morgan fingerprint density at radius 3 is 2.57 bits per heavy atom. The van der Waals surface area contributed by atoms with E-state index in [1.54, 1.807) is 30.0 Å². The lowest BCUT2D eigenvalue weighted by atomic mass is 10.1. The Morgan fingerprint density at radius 2 is 1.91 bits per heavy atom. The molecule has 0 saturated carbocycles. The van der Waals surface area contributed by atoms with E-state index in [2.05, 4.69) is 0 Å². The number of ketones is 1. The number of hydrogen-bond acceptors (Lipinski definition) is 5. The summed E-state index contributed by atoms with van der Waals surface area (Å²) in [6.07, 6.45) is 6.94. The first-order chi connectivity index (χ1) is 11.0. The van der Waals surface area contributed by atoms with Crippen LogP contribution in [0.1, 0.15) is 15.9 Å². The SMILES string of the molecule is CSc1ccc(SC)c(C(=O)C=Cc2cccc([N+](=O)[O-])c2)c1. The van der Waals surface area contributed by atoms with Crippen molar-refractivity contribution in [2.75, 3.05) is 12.5 Å². The Bertz CT molecular complexity index is 772. The number of nitro groups is 1. The molecular weight excluding hydrogens is 330 g/mol. The summed E-state index contributed by atoms with van der Waals surface area (Å²) in [5.74, 6) is -0.114. The van der Waals surface area contributed by atoms with Crippen LogP contribution in [0.2, 0.25) is 0 Å². The fraction of sp³-hybridized carbons (Fsp3) is 0.118. The molecule has 6 heteroatoms. The molecule has 0 bridgehead atoms. The van der Waals surface area contributed by atoms with Crippen molar-refractivity contribution in [1.29, 1.82) is 0 Å². The van der Waals surface area contributed by atoms with Crippen LogP contribution < -0.4 is 0 Å². The summed E-state index contributed by atoms with van der Waals surface area (Å²) < 4.78 is 0. The second kappa shape index (κ2) is 7.99. The first-order valence-corrected chi connectivity index (χ1v) is 9.19. The van der Waals surface area contributed by atoms with Crippen molar-refractivity contribution in [2.45, 2.75) is 9.79 Å². The van der Waals surface area contributed by atoms with E-state index in [9.17, 15) is 14.9 Å². The minimum atomic E-state index is -0.451. The summed E-state index contributed by atoms with van der Waals surface area (Å²) in [5, 5.41) is 10.8. The quantitative estimate of drug-likeness (QED) is 0.244. The first kappa shape index (κ1) is 17.3. The molecule has 118 valence electrons. The van der Waals surface area contributed by atoms with E-state index in [0.29, 0.717) is 11.1 Å². The van der Waals surface area contributed by atoms with Crippen LogP contribution in [0.3, 0.4) is 0 Å². The summed E-state index contributed by atoms with van der Waals surface area (Å²) in [7, 11) is 0. The molecule has 0 aliphatic rings. The Kier molecular flexibility index (Phi) is 6.01. The van der Waals surface area contributed by atoms with E-state index in [1.807, 2.05) is 30.7 Å². The minimum Gasteiger partial charge on any atom is -0.289 e. The van der Waals surface area contributed by atoms with Crippen LogP contribution in [0.25, 0.3) is 6.08 Å². The molecule has 0 atom stereocenters. The first-order valence-electron chi connectivity index (χ1n) is 6.74. The monoisotopic (exact) mass is 345 g/mol. The van der Waals surface area contributed by atoms with E-state index in [4.69, 9.17) is 0 Å². The van der Waals surface area contributed by atoms with Gasteiger partial charge in [0.15, 0.2) is 5.78 Å². The van der Waals surface area contributed by atoms with Crippen LogP contribution in [-0.4, -0.2) is 23.2 Å². The highest BCUT2D eigenvalue weighted by Gasteiger charge is 2.10. The van der Waals surface area contributed by atoms with Gasteiger partial charge in [-0.2, -0.15) is 0 Å². The van der Waals surface area contributed by atoms with Gasteiger partial charge in [0, 0.05) is 27.5 Å². The molecule has 0 aliphatic heterocycles. The molecule has 0 unspecified atom stereocenters. The van der Waals surface area contributed by atoms with E-state index >= 15 is 0 Å². The van der Waals surface area contributed by atoms with Crippen molar-refractivity contribution < 1.29 is 9.72 Å². The molecule has 0 radical (unpaired) electrons. The number of carbonyl (C=O) groups excluding carboxylic acids is 1. The molecular formula is C17H15NO3S2. The van der Waals surface area contributed by atoms with Crippen LogP contribution in [-0.2, 0) is 0 Å². The standard InChI is InChI=1S/C17H15NO3S2/c1-22-14-7-9-17(23-2)15(11-14)16(19)8-6-12-4-3-5-13(10-12)18(20)21/h3-11H,1-2H3. The maximum Gasteiger partial charge on any atom is 0.270 e. The van der Waals surface area contributed by atoms with Gasteiger partial charge >= 0.3 is 0 Å².